The Morgan fingerprint density at radius 2 is 2.05 bits per heavy atom. The number of carbonyl (C=O) groups excluding carboxylic acids is 2. The van der Waals surface area contributed by atoms with Crippen molar-refractivity contribution in [2.24, 2.45) is 11.7 Å². The first-order chi connectivity index (χ1) is 10.5. The zero-order chi connectivity index (χ0) is 16.1. The summed E-state index contributed by atoms with van der Waals surface area (Å²) in [5, 5.41) is -0.0442. The number of carbonyl (C=O) groups is 2. The topological polar surface area (TPSA) is 72.6 Å². The van der Waals surface area contributed by atoms with Crippen molar-refractivity contribution in [2.45, 2.75) is 19.3 Å². The Bertz CT molecular complexity index is 560. The molecule has 2 N–H and O–H groups in total. The summed E-state index contributed by atoms with van der Waals surface area (Å²) < 4.78 is 18.4. The largest absolute Gasteiger partial charge is 0.484 e. The number of piperidine rings is 1. The van der Waals surface area contributed by atoms with Crippen LogP contribution in [0.25, 0.3) is 0 Å². The highest BCUT2D eigenvalue weighted by molar-refractivity contribution is 6.30. The zero-order valence-electron chi connectivity index (χ0n) is 12.1. The highest BCUT2D eigenvalue weighted by atomic mass is 35.5. The highest BCUT2D eigenvalue weighted by Gasteiger charge is 2.24. The quantitative estimate of drug-likeness (QED) is 0.898. The fraction of sp³-hybridized carbons (Fsp3) is 0.467. The van der Waals surface area contributed by atoms with Gasteiger partial charge < -0.3 is 15.4 Å². The van der Waals surface area contributed by atoms with Crippen molar-refractivity contribution in [1.29, 1.82) is 0 Å². The number of nitrogens with zero attached hydrogens (tertiary/aromatic N) is 1. The van der Waals surface area contributed by atoms with Crippen molar-refractivity contribution in [2.75, 3.05) is 19.7 Å². The molecule has 1 aromatic carbocycles. The molecule has 5 nitrogen and oxygen atoms in total. The smallest absolute Gasteiger partial charge is 0.260 e. The fourth-order valence-electron chi connectivity index (χ4n) is 2.47. The summed E-state index contributed by atoms with van der Waals surface area (Å²) in [6, 6.07) is 3.95. The normalized spacial score (nSPS) is 15.6. The van der Waals surface area contributed by atoms with Gasteiger partial charge in [0, 0.05) is 25.6 Å². The maximum absolute atomic E-state index is 13.0. The molecular weight excluding hydrogens is 311 g/mol. The molecule has 1 fully saturated rings. The molecule has 22 heavy (non-hydrogen) atoms. The first kappa shape index (κ1) is 16.5. The number of rotatable bonds is 5. The van der Waals surface area contributed by atoms with Gasteiger partial charge in [-0.15, -0.1) is 0 Å². The molecule has 7 heteroatoms. The van der Waals surface area contributed by atoms with Crippen LogP contribution >= 0.6 is 11.6 Å². The number of hydrogen-bond acceptors (Lipinski definition) is 3. The van der Waals surface area contributed by atoms with Crippen LogP contribution in [0.1, 0.15) is 19.3 Å². The van der Waals surface area contributed by atoms with E-state index in [1.54, 1.807) is 4.90 Å². The number of hydrogen-bond donors (Lipinski definition) is 1. The molecule has 0 bridgehead atoms. The third-order valence-electron chi connectivity index (χ3n) is 3.71. The van der Waals surface area contributed by atoms with Gasteiger partial charge in [-0.2, -0.15) is 0 Å². The Balaban J connectivity index is 1.78. The lowest BCUT2D eigenvalue weighted by Crippen LogP contribution is -2.41. The van der Waals surface area contributed by atoms with Crippen LogP contribution in [-0.4, -0.2) is 36.4 Å². The van der Waals surface area contributed by atoms with E-state index < -0.39 is 5.82 Å². The second kappa shape index (κ2) is 7.45. The Kier molecular flexibility index (Phi) is 5.60. The summed E-state index contributed by atoms with van der Waals surface area (Å²) in [7, 11) is 0. The zero-order valence-corrected chi connectivity index (χ0v) is 12.8. The third-order valence-corrected chi connectivity index (χ3v) is 4.00. The van der Waals surface area contributed by atoms with Crippen LogP contribution in [0.3, 0.4) is 0 Å². The second-order valence-electron chi connectivity index (χ2n) is 5.36. The minimum atomic E-state index is -0.531. The molecule has 1 aromatic rings. The van der Waals surface area contributed by atoms with E-state index in [-0.39, 0.29) is 29.4 Å². The van der Waals surface area contributed by atoms with Gasteiger partial charge in [0.05, 0.1) is 5.02 Å². The summed E-state index contributed by atoms with van der Waals surface area (Å²) in [5.74, 6) is -0.377. The molecule has 1 saturated heterocycles. The predicted octanol–water partition coefficient (Wildman–Crippen LogP) is 1.97. The van der Waals surface area contributed by atoms with E-state index in [1.807, 2.05) is 0 Å². The van der Waals surface area contributed by atoms with E-state index in [2.05, 4.69) is 0 Å². The monoisotopic (exact) mass is 328 g/mol. The first-order valence-electron chi connectivity index (χ1n) is 7.09. The second-order valence-corrected chi connectivity index (χ2v) is 5.77. The van der Waals surface area contributed by atoms with Gasteiger partial charge in [-0.05, 0) is 30.9 Å². The van der Waals surface area contributed by atoms with E-state index in [0.717, 1.165) is 12.8 Å². The van der Waals surface area contributed by atoms with Gasteiger partial charge in [0.2, 0.25) is 5.91 Å². The Morgan fingerprint density at radius 3 is 2.64 bits per heavy atom. The van der Waals surface area contributed by atoms with Gasteiger partial charge in [-0.25, -0.2) is 4.39 Å². The number of benzene rings is 1. The number of amides is 2. The van der Waals surface area contributed by atoms with Crippen LogP contribution in [0, 0.1) is 11.7 Å². The summed E-state index contributed by atoms with van der Waals surface area (Å²) in [6.07, 6.45) is 1.89. The third kappa shape index (κ3) is 4.59. The number of ether oxygens (including phenoxy) is 1. The molecule has 1 aliphatic rings. The minimum Gasteiger partial charge on any atom is -0.484 e. The SMILES string of the molecule is NC(=O)CC1CCN(C(=O)COc2ccc(F)c(Cl)c2)CC1. The average molecular weight is 329 g/mol. The molecule has 0 spiro atoms. The molecule has 1 aliphatic heterocycles. The molecule has 0 aromatic heterocycles. The maximum Gasteiger partial charge on any atom is 0.260 e. The average Bonchev–Trinajstić information content (AvgIpc) is 2.48. The van der Waals surface area contributed by atoms with E-state index in [4.69, 9.17) is 22.1 Å². The van der Waals surface area contributed by atoms with Gasteiger partial charge in [0.15, 0.2) is 6.61 Å². The number of halogens is 2. The minimum absolute atomic E-state index is 0.0442. The molecule has 0 unspecified atom stereocenters. The lowest BCUT2D eigenvalue weighted by molar-refractivity contribution is -0.134. The van der Waals surface area contributed by atoms with E-state index in [1.165, 1.54) is 18.2 Å². The fourth-order valence-corrected chi connectivity index (χ4v) is 2.64. The number of primary amides is 1. The summed E-state index contributed by atoms with van der Waals surface area (Å²) in [5.41, 5.74) is 5.18. The van der Waals surface area contributed by atoms with Gasteiger partial charge in [0.25, 0.3) is 5.91 Å². The van der Waals surface area contributed by atoms with Crippen molar-refractivity contribution >= 4 is 23.4 Å². The van der Waals surface area contributed by atoms with Crippen LogP contribution in [0.15, 0.2) is 18.2 Å². The van der Waals surface area contributed by atoms with E-state index in [9.17, 15) is 14.0 Å². The Hall–Kier alpha value is -1.82. The number of likely N-dealkylation sites (tertiary alicyclic amines) is 1. The summed E-state index contributed by atoms with van der Waals surface area (Å²) >= 11 is 5.65. The molecule has 2 amide bonds. The van der Waals surface area contributed by atoms with Crippen molar-refractivity contribution in [3.8, 4) is 5.75 Å². The summed E-state index contributed by atoms with van der Waals surface area (Å²) in [6.45, 7) is 1.05. The maximum atomic E-state index is 13.0. The van der Waals surface area contributed by atoms with Crippen molar-refractivity contribution < 1.29 is 18.7 Å². The number of nitrogens with two attached hydrogens (primary N) is 1. The van der Waals surface area contributed by atoms with Gasteiger partial charge in [0.1, 0.15) is 11.6 Å². The van der Waals surface area contributed by atoms with Crippen LogP contribution in [-0.2, 0) is 9.59 Å². The lowest BCUT2D eigenvalue weighted by Gasteiger charge is -2.31. The van der Waals surface area contributed by atoms with Gasteiger partial charge in [-0.1, -0.05) is 11.6 Å². The molecule has 2 rings (SSSR count). The van der Waals surface area contributed by atoms with Crippen molar-refractivity contribution in [3.05, 3.63) is 29.0 Å². The van der Waals surface area contributed by atoms with Crippen LogP contribution < -0.4 is 10.5 Å². The van der Waals surface area contributed by atoms with E-state index in [0.29, 0.717) is 25.3 Å². The van der Waals surface area contributed by atoms with E-state index >= 15 is 0 Å². The Labute approximate surface area is 133 Å². The molecule has 120 valence electrons. The molecule has 0 radical (unpaired) electrons. The molecule has 1 heterocycles. The van der Waals surface area contributed by atoms with Crippen molar-refractivity contribution in [3.63, 3.8) is 0 Å². The molecular formula is C15H18ClFN2O3. The molecule has 0 atom stereocenters. The van der Waals surface area contributed by atoms with Gasteiger partial charge in [-0.3, -0.25) is 9.59 Å². The highest BCUT2D eigenvalue weighted by Crippen LogP contribution is 2.22. The van der Waals surface area contributed by atoms with Crippen LogP contribution in [0.5, 0.6) is 5.75 Å². The standard InChI is InChI=1S/C15H18ClFN2O3/c16-12-8-11(1-2-13(12)17)22-9-15(21)19-5-3-10(4-6-19)7-14(18)20/h1-2,8,10H,3-7,9H2,(H2,18,20). The Morgan fingerprint density at radius 1 is 1.36 bits per heavy atom. The summed E-state index contributed by atoms with van der Waals surface area (Å²) in [4.78, 5) is 24.6. The predicted molar refractivity (Wildman–Crippen MR) is 80.0 cm³/mol. The van der Waals surface area contributed by atoms with Crippen LogP contribution in [0.4, 0.5) is 4.39 Å². The van der Waals surface area contributed by atoms with Crippen LogP contribution in [0.2, 0.25) is 5.02 Å². The van der Waals surface area contributed by atoms with Gasteiger partial charge >= 0.3 is 0 Å². The molecule has 0 saturated carbocycles. The molecule has 0 aliphatic carbocycles. The van der Waals surface area contributed by atoms with Crippen molar-refractivity contribution in [1.82, 2.24) is 4.90 Å². The first-order valence-corrected chi connectivity index (χ1v) is 7.47. The lowest BCUT2D eigenvalue weighted by atomic mass is 9.93.